The van der Waals surface area contributed by atoms with Crippen molar-refractivity contribution in [1.82, 2.24) is 9.88 Å². The normalized spacial score (nSPS) is 15.9. The molecule has 0 radical (unpaired) electrons. The molecule has 1 atom stereocenters. The fourth-order valence-electron chi connectivity index (χ4n) is 3.77. The van der Waals surface area contributed by atoms with E-state index in [4.69, 9.17) is 0 Å². The van der Waals surface area contributed by atoms with Gasteiger partial charge < -0.3 is 20.5 Å². The predicted octanol–water partition coefficient (Wildman–Crippen LogP) is 3.77. The molecule has 0 fully saturated rings. The van der Waals surface area contributed by atoms with Crippen molar-refractivity contribution in [2.75, 3.05) is 10.6 Å². The Morgan fingerprint density at radius 3 is 2.71 bits per heavy atom. The molecule has 2 heterocycles. The van der Waals surface area contributed by atoms with Gasteiger partial charge in [0.2, 0.25) is 11.8 Å². The van der Waals surface area contributed by atoms with E-state index in [2.05, 4.69) is 34.4 Å². The lowest BCUT2D eigenvalue weighted by Crippen LogP contribution is -2.43. The van der Waals surface area contributed by atoms with Crippen molar-refractivity contribution in [2.45, 2.75) is 39.3 Å². The number of anilines is 2. The molecule has 0 bridgehead atoms. The highest BCUT2D eigenvalue weighted by Gasteiger charge is 2.29. The first-order valence-electron chi connectivity index (χ1n) is 10.5. The number of rotatable bonds is 6. The van der Waals surface area contributed by atoms with Crippen LogP contribution in [0, 0.1) is 5.92 Å². The summed E-state index contributed by atoms with van der Waals surface area (Å²) >= 11 is 0. The van der Waals surface area contributed by atoms with Gasteiger partial charge in [-0.3, -0.25) is 14.4 Å². The van der Waals surface area contributed by atoms with E-state index in [0.29, 0.717) is 22.9 Å². The summed E-state index contributed by atoms with van der Waals surface area (Å²) in [5.41, 5.74) is 2.57. The molecule has 0 unspecified atom stereocenters. The van der Waals surface area contributed by atoms with Crippen LogP contribution in [-0.2, 0) is 16.1 Å². The fourth-order valence-corrected chi connectivity index (χ4v) is 3.77. The minimum atomic E-state index is -0.949. The molecular weight excluding hydrogens is 392 g/mol. The van der Waals surface area contributed by atoms with E-state index in [1.165, 1.54) is 0 Å². The zero-order valence-corrected chi connectivity index (χ0v) is 17.6. The Morgan fingerprint density at radius 1 is 1.10 bits per heavy atom. The molecule has 0 saturated heterocycles. The second-order valence-electron chi connectivity index (χ2n) is 8.24. The summed E-state index contributed by atoms with van der Waals surface area (Å²) in [6.07, 6.45) is 2.94. The van der Waals surface area contributed by atoms with Gasteiger partial charge in [-0.15, -0.1) is 0 Å². The van der Waals surface area contributed by atoms with Crippen molar-refractivity contribution in [3.8, 4) is 0 Å². The number of para-hydroxylation sites is 1. The Labute approximate surface area is 180 Å². The first kappa shape index (κ1) is 20.7. The number of benzene rings is 2. The molecule has 1 aromatic heterocycles. The summed E-state index contributed by atoms with van der Waals surface area (Å²) in [6, 6.07) is 13.6. The summed E-state index contributed by atoms with van der Waals surface area (Å²) in [4.78, 5) is 37.7. The van der Waals surface area contributed by atoms with Crippen LogP contribution in [0.5, 0.6) is 0 Å². The number of fused-ring (bicyclic) bond motifs is 2. The van der Waals surface area contributed by atoms with Gasteiger partial charge >= 0.3 is 0 Å². The molecule has 160 valence electrons. The number of carbonyl (C=O) groups excluding carboxylic acids is 3. The Balaban J connectivity index is 1.47. The lowest BCUT2D eigenvalue weighted by molar-refractivity contribution is -0.122. The molecule has 1 aliphatic rings. The van der Waals surface area contributed by atoms with E-state index in [1.807, 2.05) is 30.5 Å². The maximum absolute atomic E-state index is 12.7. The molecular formula is C24H26N4O3. The van der Waals surface area contributed by atoms with E-state index in [1.54, 1.807) is 24.3 Å². The van der Waals surface area contributed by atoms with E-state index in [0.717, 1.165) is 23.9 Å². The van der Waals surface area contributed by atoms with Crippen molar-refractivity contribution in [2.24, 2.45) is 5.92 Å². The highest BCUT2D eigenvalue weighted by Crippen LogP contribution is 2.26. The minimum absolute atomic E-state index is 0.157. The monoisotopic (exact) mass is 418 g/mol. The molecule has 3 amide bonds. The molecule has 7 heteroatoms. The largest absolute Gasteiger partial charge is 0.347 e. The number of hydrogen-bond acceptors (Lipinski definition) is 3. The number of amides is 3. The average Bonchev–Trinajstić information content (AvgIpc) is 3.11. The minimum Gasteiger partial charge on any atom is -0.347 e. The number of carbonyl (C=O) groups is 3. The first-order chi connectivity index (χ1) is 14.9. The van der Waals surface area contributed by atoms with Crippen molar-refractivity contribution >= 4 is 40.0 Å². The highest BCUT2D eigenvalue weighted by molar-refractivity contribution is 6.11. The summed E-state index contributed by atoms with van der Waals surface area (Å²) in [5.74, 6) is -0.524. The third-order valence-electron chi connectivity index (χ3n) is 5.48. The third kappa shape index (κ3) is 4.45. The number of hydrogen-bond donors (Lipinski definition) is 3. The maximum Gasteiger partial charge on any atom is 0.254 e. The van der Waals surface area contributed by atoms with E-state index < -0.39 is 11.9 Å². The number of aryl methyl sites for hydroxylation is 1. The topological polar surface area (TPSA) is 92.2 Å². The Bertz CT molecular complexity index is 1150. The van der Waals surface area contributed by atoms with E-state index >= 15 is 0 Å². The lowest BCUT2D eigenvalue weighted by atomic mass is 10.1. The van der Waals surface area contributed by atoms with Crippen LogP contribution in [0.1, 0.15) is 37.0 Å². The quantitative estimate of drug-likeness (QED) is 0.569. The third-order valence-corrected chi connectivity index (χ3v) is 5.48. The van der Waals surface area contributed by atoms with Crippen LogP contribution in [0.25, 0.3) is 10.9 Å². The molecule has 0 spiro atoms. The van der Waals surface area contributed by atoms with Crippen LogP contribution in [0.3, 0.4) is 0 Å². The van der Waals surface area contributed by atoms with E-state index in [9.17, 15) is 14.4 Å². The SMILES string of the molecule is CC(C)CCn1ccc2c(NC(=O)C[C@H]3NC(=O)c4ccccc4NC3=O)cccc21. The van der Waals surface area contributed by atoms with Crippen LogP contribution in [0.15, 0.2) is 54.7 Å². The van der Waals surface area contributed by atoms with Crippen molar-refractivity contribution in [1.29, 1.82) is 0 Å². The molecule has 0 aliphatic carbocycles. The molecule has 7 nitrogen and oxygen atoms in total. The van der Waals surface area contributed by atoms with Crippen molar-refractivity contribution in [3.63, 3.8) is 0 Å². The van der Waals surface area contributed by atoms with Crippen LogP contribution in [0.2, 0.25) is 0 Å². The zero-order valence-electron chi connectivity index (χ0n) is 17.6. The second kappa shape index (κ2) is 8.63. The van der Waals surface area contributed by atoms with Crippen LogP contribution in [-0.4, -0.2) is 28.3 Å². The zero-order chi connectivity index (χ0) is 22.0. The number of nitrogens with zero attached hydrogens (tertiary/aromatic N) is 1. The molecule has 31 heavy (non-hydrogen) atoms. The van der Waals surface area contributed by atoms with Gasteiger partial charge in [-0.05, 0) is 42.7 Å². The molecule has 2 aromatic carbocycles. The smallest absolute Gasteiger partial charge is 0.254 e. The van der Waals surface area contributed by atoms with Gasteiger partial charge in [0.25, 0.3) is 5.91 Å². The van der Waals surface area contributed by atoms with E-state index in [-0.39, 0.29) is 18.2 Å². The van der Waals surface area contributed by atoms with Crippen LogP contribution in [0.4, 0.5) is 11.4 Å². The molecule has 1 aliphatic heterocycles. The van der Waals surface area contributed by atoms with Crippen LogP contribution >= 0.6 is 0 Å². The summed E-state index contributed by atoms with van der Waals surface area (Å²) < 4.78 is 2.18. The van der Waals surface area contributed by atoms with Crippen molar-refractivity contribution in [3.05, 3.63) is 60.3 Å². The maximum atomic E-state index is 12.7. The fraction of sp³-hybridized carbons (Fsp3) is 0.292. The summed E-state index contributed by atoms with van der Waals surface area (Å²) in [6.45, 7) is 5.30. The van der Waals surface area contributed by atoms with Gasteiger partial charge in [0.05, 0.1) is 28.9 Å². The van der Waals surface area contributed by atoms with Gasteiger partial charge in [-0.25, -0.2) is 0 Å². The average molecular weight is 418 g/mol. The Kier molecular flexibility index (Phi) is 5.75. The van der Waals surface area contributed by atoms with Gasteiger partial charge in [0.15, 0.2) is 0 Å². The molecule has 4 rings (SSSR count). The van der Waals surface area contributed by atoms with Crippen molar-refractivity contribution < 1.29 is 14.4 Å². The first-order valence-corrected chi connectivity index (χ1v) is 10.5. The van der Waals surface area contributed by atoms with Gasteiger partial charge in [-0.1, -0.05) is 32.0 Å². The van der Waals surface area contributed by atoms with Gasteiger partial charge in [-0.2, -0.15) is 0 Å². The Hall–Kier alpha value is -3.61. The molecule has 3 N–H and O–H groups in total. The second-order valence-corrected chi connectivity index (χ2v) is 8.24. The van der Waals surface area contributed by atoms with Gasteiger partial charge in [0, 0.05) is 18.1 Å². The summed E-state index contributed by atoms with van der Waals surface area (Å²) in [5, 5.41) is 9.23. The number of aromatic nitrogens is 1. The summed E-state index contributed by atoms with van der Waals surface area (Å²) in [7, 11) is 0. The highest BCUT2D eigenvalue weighted by atomic mass is 16.2. The van der Waals surface area contributed by atoms with Crippen LogP contribution < -0.4 is 16.0 Å². The Morgan fingerprint density at radius 2 is 1.90 bits per heavy atom. The van der Waals surface area contributed by atoms with Gasteiger partial charge in [0.1, 0.15) is 6.04 Å². The molecule has 3 aromatic rings. The number of nitrogens with one attached hydrogen (secondary N) is 3. The molecule has 0 saturated carbocycles. The standard InChI is InChI=1S/C24H26N4O3/c1-15(2)10-12-28-13-11-16-18(8-5-9-21(16)28)25-22(29)14-20-24(31)26-19-7-4-3-6-17(19)23(30)27-20/h3-9,11,13,15,20H,10,12,14H2,1-2H3,(H,25,29)(H,26,31)(H,27,30)/t20-/m1/s1. The lowest BCUT2D eigenvalue weighted by Gasteiger charge is -2.15. The predicted molar refractivity (Wildman–Crippen MR) is 121 cm³/mol.